The predicted molar refractivity (Wildman–Crippen MR) is 86.2 cm³/mol. The van der Waals surface area contributed by atoms with Crippen LogP contribution in [-0.2, 0) is 10.0 Å². The van der Waals surface area contributed by atoms with Gasteiger partial charge < -0.3 is 11.1 Å². The smallest absolute Gasteiger partial charge is 0.246 e. The van der Waals surface area contributed by atoms with Crippen molar-refractivity contribution < 1.29 is 8.42 Å². The van der Waals surface area contributed by atoms with Gasteiger partial charge in [0.05, 0.1) is 5.02 Å². The molecule has 22 heavy (non-hydrogen) atoms. The van der Waals surface area contributed by atoms with Gasteiger partial charge in [0.15, 0.2) is 0 Å². The molecule has 3 N–H and O–H groups in total. The number of anilines is 1. The summed E-state index contributed by atoms with van der Waals surface area (Å²) < 4.78 is 26.8. The molecule has 2 fully saturated rings. The highest BCUT2D eigenvalue weighted by Crippen LogP contribution is 2.29. The van der Waals surface area contributed by atoms with Gasteiger partial charge in [-0.25, -0.2) is 13.4 Å². The topological polar surface area (TPSA) is 88.3 Å². The molecular formula is C14H21ClN4O2S. The molecule has 1 saturated carbocycles. The summed E-state index contributed by atoms with van der Waals surface area (Å²) in [5, 5.41) is 3.81. The molecule has 0 spiro atoms. The van der Waals surface area contributed by atoms with Crippen LogP contribution >= 0.6 is 11.6 Å². The maximum absolute atomic E-state index is 12.7. The highest BCUT2D eigenvalue weighted by molar-refractivity contribution is 7.89. The zero-order valence-electron chi connectivity index (χ0n) is 12.3. The number of halogens is 1. The first-order chi connectivity index (χ1) is 10.5. The average molecular weight is 345 g/mol. The Morgan fingerprint density at radius 2 is 2.00 bits per heavy atom. The highest BCUT2D eigenvalue weighted by Gasteiger charge is 2.32. The van der Waals surface area contributed by atoms with Gasteiger partial charge in [-0.2, -0.15) is 4.31 Å². The fraction of sp³-hybridized carbons (Fsp3) is 0.643. The van der Waals surface area contributed by atoms with E-state index >= 15 is 0 Å². The van der Waals surface area contributed by atoms with Crippen LogP contribution in [0, 0.1) is 5.92 Å². The second-order valence-corrected chi connectivity index (χ2v) is 8.41. The van der Waals surface area contributed by atoms with Crippen molar-refractivity contribution in [1.82, 2.24) is 14.6 Å². The third-order valence-corrected chi connectivity index (χ3v) is 6.45. The van der Waals surface area contributed by atoms with Crippen molar-refractivity contribution in [3.8, 4) is 0 Å². The van der Waals surface area contributed by atoms with Gasteiger partial charge >= 0.3 is 0 Å². The number of nitrogens with zero attached hydrogens (tertiary/aromatic N) is 2. The van der Waals surface area contributed by atoms with Crippen molar-refractivity contribution in [2.75, 3.05) is 25.4 Å². The Bertz CT molecular complexity index is 640. The first-order valence-electron chi connectivity index (χ1n) is 7.61. The van der Waals surface area contributed by atoms with E-state index in [0.29, 0.717) is 19.1 Å². The van der Waals surface area contributed by atoms with Crippen LogP contribution in [0.4, 0.5) is 5.82 Å². The van der Waals surface area contributed by atoms with Crippen molar-refractivity contribution in [2.24, 2.45) is 5.92 Å². The summed E-state index contributed by atoms with van der Waals surface area (Å²) in [6.45, 7) is 2.05. The number of piperidine rings is 1. The maximum atomic E-state index is 12.7. The summed E-state index contributed by atoms with van der Waals surface area (Å²) in [6.07, 6.45) is 5.63. The van der Waals surface area contributed by atoms with E-state index in [4.69, 9.17) is 17.3 Å². The van der Waals surface area contributed by atoms with E-state index in [2.05, 4.69) is 10.3 Å². The predicted octanol–water partition coefficient (Wildman–Crippen LogP) is 1.47. The van der Waals surface area contributed by atoms with Crippen LogP contribution in [0.3, 0.4) is 0 Å². The van der Waals surface area contributed by atoms with Gasteiger partial charge in [-0.3, -0.25) is 0 Å². The molecule has 2 aliphatic rings. The van der Waals surface area contributed by atoms with Crippen LogP contribution in [0.1, 0.15) is 25.7 Å². The number of nitrogens with two attached hydrogens (primary N) is 1. The fourth-order valence-electron chi connectivity index (χ4n) is 2.73. The first-order valence-corrected chi connectivity index (χ1v) is 9.43. The normalized spacial score (nSPS) is 21.1. The molecule has 0 amide bonds. The molecule has 0 aromatic carbocycles. The SMILES string of the molecule is Nc1ncc(Cl)cc1S(=O)(=O)N1CCC(NCC2CC2)CC1. The van der Waals surface area contributed by atoms with Gasteiger partial charge in [0.2, 0.25) is 10.0 Å². The Hall–Kier alpha value is -0.890. The van der Waals surface area contributed by atoms with E-state index in [9.17, 15) is 8.42 Å². The summed E-state index contributed by atoms with van der Waals surface area (Å²) >= 11 is 5.85. The van der Waals surface area contributed by atoms with Gasteiger partial charge in [0.1, 0.15) is 10.7 Å². The highest BCUT2D eigenvalue weighted by atomic mass is 35.5. The molecule has 1 saturated heterocycles. The van der Waals surface area contributed by atoms with Gasteiger partial charge in [0.25, 0.3) is 0 Å². The van der Waals surface area contributed by atoms with Gasteiger partial charge in [-0.15, -0.1) is 0 Å². The molecule has 6 nitrogen and oxygen atoms in total. The lowest BCUT2D eigenvalue weighted by Crippen LogP contribution is -2.45. The quantitative estimate of drug-likeness (QED) is 0.844. The van der Waals surface area contributed by atoms with Crippen LogP contribution in [0.25, 0.3) is 0 Å². The van der Waals surface area contributed by atoms with E-state index in [1.807, 2.05) is 0 Å². The van der Waals surface area contributed by atoms with Crippen LogP contribution in [-0.4, -0.2) is 43.4 Å². The van der Waals surface area contributed by atoms with Crippen molar-refractivity contribution in [1.29, 1.82) is 0 Å². The number of sulfonamides is 1. The summed E-state index contributed by atoms with van der Waals surface area (Å²) in [5.74, 6) is 0.831. The van der Waals surface area contributed by atoms with E-state index < -0.39 is 10.0 Å². The Balaban J connectivity index is 1.64. The third-order valence-electron chi connectivity index (χ3n) is 4.31. The largest absolute Gasteiger partial charge is 0.383 e. The van der Waals surface area contributed by atoms with Crippen LogP contribution < -0.4 is 11.1 Å². The molecule has 0 bridgehead atoms. The van der Waals surface area contributed by atoms with Crippen molar-refractivity contribution in [2.45, 2.75) is 36.6 Å². The molecule has 0 radical (unpaired) electrons. The number of nitrogens with one attached hydrogen (secondary N) is 1. The average Bonchev–Trinajstić information content (AvgIpc) is 3.32. The molecule has 0 atom stereocenters. The Kier molecular flexibility index (Phi) is 4.59. The van der Waals surface area contributed by atoms with E-state index in [-0.39, 0.29) is 15.7 Å². The summed E-state index contributed by atoms with van der Waals surface area (Å²) in [7, 11) is -3.62. The lowest BCUT2D eigenvalue weighted by Gasteiger charge is -2.32. The van der Waals surface area contributed by atoms with Crippen LogP contribution in [0.5, 0.6) is 0 Å². The molecule has 8 heteroatoms. The molecule has 1 aliphatic heterocycles. The lowest BCUT2D eigenvalue weighted by atomic mass is 10.1. The lowest BCUT2D eigenvalue weighted by molar-refractivity contribution is 0.288. The number of hydrogen-bond acceptors (Lipinski definition) is 5. The summed E-state index contributed by atoms with van der Waals surface area (Å²) in [6, 6.07) is 1.78. The Morgan fingerprint density at radius 3 is 2.64 bits per heavy atom. The van der Waals surface area contributed by atoms with E-state index in [0.717, 1.165) is 25.3 Å². The molecule has 1 aromatic rings. The number of pyridine rings is 1. The van der Waals surface area contributed by atoms with Gasteiger partial charge in [0, 0.05) is 25.3 Å². The minimum absolute atomic E-state index is 0.00150. The number of hydrogen-bond donors (Lipinski definition) is 2. The zero-order chi connectivity index (χ0) is 15.7. The van der Waals surface area contributed by atoms with E-state index in [1.54, 1.807) is 0 Å². The standard InChI is InChI=1S/C14H21ClN4O2S/c15-11-7-13(14(16)18-9-11)22(20,21)19-5-3-12(4-6-19)17-8-10-1-2-10/h7,9-10,12,17H,1-6,8H2,(H2,16,18). The molecule has 122 valence electrons. The molecule has 2 heterocycles. The molecular weight excluding hydrogens is 324 g/mol. The second kappa shape index (κ2) is 6.31. The summed E-state index contributed by atoms with van der Waals surface area (Å²) in [5.41, 5.74) is 5.71. The van der Waals surface area contributed by atoms with Gasteiger partial charge in [-0.1, -0.05) is 11.6 Å². The summed E-state index contributed by atoms with van der Waals surface area (Å²) in [4.78, 5) is 3.84. The third kappa shape index (κ3) is 3.53. The van der Waals surface area contributed by atoms with E-state index in [1.165, 1.54) is 29.4 Å². The molecule has 0 unspecified atom stereocenters. The maximum Gasteiger partial charge on any atom is 0.246 e. The second-order valence-electron chi connectivity index (χ2n) is 6.07. The Morgan fingerprint density at radius 1 is 1.32 bits per heavy atom. The Labute approximate surface area is 136 Å². The molecule has 1 aromatic heterocycles. The minimum atomic E-state index is -3.62. The molecule has 3 rings (SSSR count). The van der Waals surface area contributed by atoms with Gasteiger partial charge in [-0.05, 0) is 44.2 Å². The monoisotopic (exact) mass is 344 g/mol. The van der Waals surface area contributed by atoms with Crippen molar-refractivity contribution in [3.05, 3.63) is 17.3 Å². The van der Waals surface area contributed by atoms with Crippen LogP contribution in [0.2, 0.25) is 5.02 Å². The van der Waals surface area contributed by atoms with Crippen molar-refractivity contribution in [3.63, 3.8) is 0 Å². The van der Waals surface area contributed by atoms with Crippen LogP contribution in [0.15, 0.2) is 17.2 Å². The first kappa shape index (κ1) is 16.0. The molecule has 1 aliphatic carbocycles. The zero-order valence-corrected chi connectivity index (χ0v) is 13.9. The number of aromatic nitrogens is 1. The van der Waals surface area contributed by atoms with Crippen molar-refractivity contribution >= 4 is 27.4 Å². The number of rotatable bonds is 5. The fourth-order valence-corrected chi connectivity index (χ4v) is 4.52. The number of nitrogen functional groups attached to an aromatic ring is 1. The minimum Gasteiger partial charge on any atom is -0.383 e.